The van der Waals surface area contributed by atoms with Gasteiger partial charge in [0.1, 0.15) is 19.3 Å². The minimum Gasteiger partial charge on any atom is -0.462 e. The van der Waals surface area contributed by atoms with Crippen LogP contribution in [0.4, 0.5) is 0 Å². The third kappa shape index (κ3) is 76.1. The summed E-state index contributed by atoms with van der Waals surface area (Å²) in [6, 6.07) is 0. The summed E-state index contributed by atoms with van der Waals surface area (Å²) in [5.41, 5.74) is 0. The normalized spacial score (nSPS) is 13.8. The topological polar surface area (TPSA) is 237 Å². The van der Waals surface area contributed by atoms with E-state index in [1.54, 1.807) is 0 Å². The lowest BCUT2D eigenvalue weighted by molar-refractivity contribution is -0.161. The van der Waals surface area contributed by atoms with Gasteiger partial charge in [0.2, 0.25) is 0 Å². The number of carbonyl (C=O) groups is 4. The standard InChI is InChI=1S/C82H160O17P2/c1-6-9-12-15-18-21-23-25-27-29-34-37-41-46-51-56-61-66-80(85)93-72-78(99-82(87)68-63-58-53-48-43-39-35-31-30-32-36-40-45-49-54-59-64-75(4)5)74-97-101(90,91)95-70-76(83)69-94-100(88,89)96-73-77(71-92-79(84)65-60-55-50-44-20-17-14-11-8-3)98-81(86)67-62-57-52-47-42-38-33-28-26-24-22-19-16-13-10-7-2/h75-78,83H,6-74H2,1-5H3,(H,88,89)(H,90,91)/t76-,77+,78+/m0/s1. The Kier molecular flexibility index (Phi) is 73.5. The molecule has 0 spiro atoms. The molecule has 600 valence electrons. The zero-order valence-corrected chi connectivity index (χ0v) is 67.8. The number of esters is 4. The van der Waals surface area contributed by atoms with E-state index in [-0.39, 0.29) is 25.7 Å². The molecule has 0 saturated carbocycles. The van der Waals surface area contributed by atoms with E-state index in [1.807, 2.05) is 0 Å². The molecule has 0 fully saturated rings. The Hall–Kier alpha value is -1.94. The van der Waals surface area contributed by atoms with Crippen LogP contribution < -0.4 is 0 Å². The second-order valence-corrected chi connectivity index (χ2v) is 32.9. The molecule has 0 aliphatic carbocycles. The van der Waals surface area contributed by atoms with E-state index in [0.29, 0.717) is 25.7 Å². The predicted molar refractivity (Wildman–Crippen MR) is 414 cm³/mol. The molecule has 0 aromatic rings. The number of unbranched alkanes of at least 4 members (excludes halogenated alkanes) is 54. The van der Waals surface area contributed by atoms with E-state index >= 15 is 0 Å². The Morgan fingerprint density at radius 2 is 0.455 bits per heavy atom. The average Bonchev–Trinajstić information content (AvgIpc) is 0.949. The van der Waals surface area contributed by atoms with Crippen molar-refractivity contribution in [3.8, 4) is 0 Å². The third-order valence-corrected chi connectivity index (χ3v) is 21.2. The second-order valence-electron chi connectivity index (χ2n) is 30.0. The Bertz CT molecular complexity index is 1930. The first-order valence-corrected chi connectivity index (χ1v) is 45.6. The summed E-state index contributed by atoms with van der Waals surface area (Å²) >= 11 is 0. The van der Waals surface area contributed by atoms with E-state index in [0.717, 1.165) is 95.8 Å². The van der Waals surface area contributed by atoms with Crippen LogP contribution in [-0.4, -0.2) is 96.7 Å². The van der Waals surface area contributed by atoms with Gasteiger partial charge in [0.05, 0.1) is 26.4 Å². The van der Waals surface area contributed by atoms with Gasteiger partial charge in [0.15, 0.2) is 12.2 Å². The second kappa shape index (κ2) is 74.9. The molecule has 0 heterocycles. The quantitative estimate of drug-likeness (QED) is 0.0222. The molecule has 0 aliphatic rings. The van der Waals surface area contributed by atoms with Crippen molar-refractivity contribution in [2.24, 2.45) is 5.92 Å². The first-order valence-electron chi connectivity index (χ1n) is 42.6. The molecule has 0 rings (SSSR count). The first-order chi connectivity index (χ1) is 49.0. The fraction of sp³-hybridized carbons (Fsp3) is 0.951. The van der Waals surface area contributed by atoms with Crippen LogP contribution >= 0.6 is 15.6 Å². The van der Waals surface area contributed by atoms with Crippen molar-refractivity contribution in [2.45, 2.75) is 457 Å². The zero-order valence-electron chi connectivity index (χ0n) is 66.1. The van der Waals surface area contributed by atoms with Gasteiger partial charge in [-0.2, -0.15) is 0 Å². The SMILES string of the molecule is CCCCCCCCCCCCCCCCCCCC(=O)OC[C@H](COP(=O)(O)OC[C@@H](O)COP(=O)(O)OC[C@@H](COC(=O)CCCCCCCCCCC)OC(=O)CCCCCCCCCCCCCCCCCC)OC(=O)CCCCCCCCCCCCCCCCCCC(C)C. The number of hydrogen-bond acceptors (Lipinski definition) is 15. The average molecular weight is 1480 g/mol. The number of carbonyl (C=O) groups excluding carboxylic acids is 4. The van der Waals surface area contributed by atoms with Crippen molar-refractivity contribution in [2.75, 3.05) is 39.6 Å². The molecule has 0 aromatic heterocycles. The van der Waals surface area contributed by atoms with Crippen LogP contribution in [0.15, 0.2) is 0 Å². The highest BCUT2D eigenvalue weighted by Gasteiger charge is 2.30. The Balaban J connectivity index is 5.22. The lowest BCUT2D eigenvalue weighted by Gasteiger charge is -2.21. The van der Waals surface area contributed by atoms with E-state index in [4.69, 9.17) is 37.0 Å². The molecule has 17 nitrogen and oxygen atoms in total. The fourth-order valence-corrected chi connectivity index (χ4v) is 14.3. The van der Waals surface area contributed by atoms with Crippen molar-refractivity contribution in [1.82, 2.24) is 0 Å². The summed E-state index contributed by atoms with van der Waals surface area (Å²) in [6.45, 7) is 7.36. The number of aliphatic hydroxyl groups excluding tert-OH is 1. The van der Waals surface area contributed by atoms with Gasteiger partial charge in [-0.3, -0.25) is 37.3 Å². The van der Waals surface area contributed by atoms with E-state index < -0.39 is 97.5 Å². The van der Waals surface area contributed by atoms with Crippen LogP contribution in [0.25, 0.3) is 0 Å². The highest BCUT2D eigenvalue weighted by molar-refractivity contribution is 7.47. The number of phosphoric ester groups is 2. The van der Waals surface area contributed by atoms with E-state index in [1.165, 1.54) is 263 Å². The Morgan fingerprint density at radius 3 is 0.673 bits per heavy atom. The summed E-state index contributed by atoms with van der Waals surface area (Å²) < 4.78 is 68.7. The highest BCUT2D eigenvalue weighted by atomic mass is 31.2. The van der Waals surface area contributed by atoms with Crippen LogP contribution in [0.3, 0.4) is 0 Å². The van der Waals surface area contributed by atoms with Crippen molar-refractivity contribution in [1.29, 1.82) is 0 Å². The minimum absolute atomic E-state index is 0.109. The van der Waals surface area contributed by atoms with Gasteiger partial charge in [-0.05, 0) is 31.6 Å². The van der Waals surface area contributed by atoms with Crippen LogP contribution in [-0.2, 0) is 65.4 Å². The van der Waals surface area contributed by atoms with Gasteiger partial charge in [0.25, 0.3) is 0 Å². The summed E-state index contributed by atoms with van der Waals surface area (Å²) in [6.07, 6.45) is 66.6. The molecule has 0 bridgehead atoms. The third-order valence-electron chi connectivity index (χ3n) is 19.3. The number of phosphoric acid groups is 2. The molecule has 3 N–H and O–H groups in total. The smallest absolute Gasteiger partial charge is 0.462 e. The van der Waals surface area contributed by atoms with E-state index in [9.17, 15) is 43.2 Å². The highest BCUT2D eigenvalue weighted by Crippen LogP contribution is 2.45. The van der Waals surface area contributed by atoms with Crippen molar-refractivity contribution < 1.29 is 80.2 Å². The maximum Gasteiger partial charge on any atom is 0.472 e. The Morgan fingerprint density at radius 1 is 0.267 bits per heavy atom. The van der Waals surface area contributed by atoms with Crippen LogP contribution in [0.2, 0.25) is 0 Å². The Labute approximate surface area is 619 Å². The number of ether oxygens (including phenoxy) is 4. The maximum atomic E-state index is 13.1. The summed E-state index contributed by atoms with van der Waals surface area (Å²) in [4.78, 5) is 73.0. The van der Waals surface area contributed by atoms with Crippen molar-refractivity contribution >= 4 is 39.5 Å². The number of rotatable bonds is 82. The van der Waals surface area contributed by atoms with Crippen LogP contribution in [0.1, 0.15) is 439 Å². The molecule has 5 atom stereocenters. The number of hydrogen-bond donors (Lipinski definition) is 3. The number of aliphatic hydroxyl groups is 1. The van der Waals surface area contributed by atoms with Gasteiger partial charge >= 0.3 is 39.5 Å². The maximum absolute atomic E-state index is 13.1. The molecule has 0 aliphatic heterocycles. The zero-order chi connectivity index (χ0) is 74.1. The van der Waals surface area contributed by atoms with Gasteiger partial charge in [-0.25, -0.2) is 9.13 Å². The summed E-state index contributed by atoms with van der Waals surface area (Å²) in [7, 11) is -9.92. The molecule has 101 heavy (non-hydrogen) atoms. The first kappa shape index (κ1) is 99.1. The van der Waals surface area contributed by atoms with Gasteiger partial charge in [-0.1, -0.05) is 388 Å². The summed E-state index contributed by atoms with van der Waals surface area (Å²) in [5.74, 6) is -1.30. The van der Waals surface area contributed by atoms with Gasteiger partial charge in [0, 0.05) is 25.7 Å². The molecule has 19 heteroatoms. The lowest BCUT2D eigenvalue weighted by Crippen LogP contribution is -2.30. The minimum atomic E-state index is -4.96. The molecule has 0 radical (unpaired) electrons. The van der Waals surface area contributed by atoms with Crippen molar-refractivity contribution in [3.05, 3.63) is 0 Å². The molecule has 0 aromatic carbocycles. The molecule has 2 unspecified atom stereocenters. The monoisotopic (exact) mass is 1480 g/mol. The molecule has 0 amide bonds. The van der Waals surface area contributed by atoms with Gasteiger partial charge < -0.3 is 33.8 Å². The molecular formula is C82H160O17P2. The lowest BCUT2D eigenvalue weighted by atomic mass is 10.0. The van der Waals surface area contributed by atoms with Gasteiger partial charge in [-0.15, -0.1) is 0 Å². The molecular weight excluding hydrogens is 1320 g/mol. The largest absolute Gasteiger partial charge is 0.472 e. The van der Waals surface area contributed by atoms with E-state index in [2.05, 4.69) is 34.6 Å². The predicted octanol–water partition coefficient (Wildman–Crippen LogP) is 24.8. The summed E-state index contributed by atoms with van der Waals surface area (Å²) in [5, 5.41) is 10.6. The van der Waals surface area contributed by atoms with Crippen LogP contribution in [0, 0.1) is 5.92 Å². The molecule has 0 saturated heterocycles. The fourth-order valence-electron chi connectivity index (χ4n) is 12.8. The van der Waals surface area contributed by atoms with Crippen LogP contribution in [0.5, 0.6) is 0 Å². The van der Waals surface area contributed by atoms with Crippen molar-refractivity contribution in [3.63, 3.8) is 0 Å².